The lowest BCUT2D eigenvalue weighted by Gasteiger charge is -2.34. The first kappa shape index (κ1) is 22.3. The largest absolute Gasteiger partial charge is 0.343 e. The molecule has 2 heterocycles. The number of piperazine rings is 1. The molecule has 0 N–H and O–H groups in total. The maximum atomic E-state index is 13.3. The van der Waals surface area contributed by atoms with E-state index < -0.39 is 15.7 Å². The molecule has 2 amide bonds. The number of carbonyl (C=O) groups is 2. The van der Waals surface area contributed by atoms with Crippen molar-refractivity contribution in [2.24, 2.45) is 0 Å². The van der Waals surface area contributed by atoms with E-state index in [2.05, 4.69) is 15.9 Å². The SMILES string of the molecule is CC(=O)N1CCN(C(=O)Cn2c(=O)n(S(=O)(=O)c3ccc(Br)cc3)c3ccccc32)CC1. The fourth-order valence-corrected chi connectivity index (χ4v) is 5.46. The van der Waals surface area contributed by atoms with Gasteiger partial charge in [-0.3, -0.25) is 14.2 Å². The summed E-state index contributed by atoms with van der Waals surface area (Å²) in [6.45, 7) is 2.78. The molecule has 0 bridgehead atoms. The molecule has 0 aliphatic carbocycles. The average Bonchev–Trinajstić information content (AvgIpc) is 3.06. The molecule has 32 heavy (non-hydrogen) atoms. The van der Waals surface area contributed by atoms with Crippen LogP contribution in [0.1, 0.15) is 6.92 Å². The molecule has 1 aromatic heterocycles. The van der Waals surface area contributed by atoms with Gasteiger partial charge in [-0.05, 0) is 36.4 Å². The normalized spacial score (nSPS) is 14.7. The van der Waals surface area contributed by atoms with E-state index in [4.69, 9.17) is 0 Å². The Hall–Kier alpha value is -2.92. The van der Waals surface area contributed by atoms with Gasteiger partial charge >= 0.3 is 5.69 Å². The van der Waals surface area contributed by atoms with Crippen molar-refractivity contribution in [3.05, 3.63) is 63.5 Å². The highest BCUT2D eigenvalue weighted by atomic mass is 79.9. The molecule has 1 aliphatic heterocycles. The average molecular weight is 521 g/mol. The topological polar surface area (TPSA) is 102 Å². The Morgan fingerprint density at radius 1 is 0.906 bits per heavy atom. The number of aromatic nitrogens is 2. The second-order valence-corrected chi connectivity index (χ2v) is 10.2. The van der Waals surface area contributed by atoms with Crippen LogP contribution in [0.15, 0.2) is 62.7 Å². The molecule has 0 saturated carbocycles. The summed E-state index contributed by atoms with van der Waals surface area (Å²) >= 11 is 3.27. The molecule has 0 unspecified atom stereocenters. The van der Waals surface area contributed by atoms with Crippen molar-refractivity contribution >= 4 is 48.8 Å². The Balaban J connectivity index is 1.71. The molecule has 0 spiro atoms. The van der Waals surface area contributed by atoms with Crippen molar-refractivity contribution in [2.75, 3.05) is 26.2 Å². The second-order valence-electron chi connectivity index (χ2n) is 7.47. The Labute approximate surface area is 193 Å². The van der Waals surface area contributed by atoms with Gasteiger partial charge in [-0.2, -0.15) is 3.97 Å². The quantitative estimate of drug-likeness (QED) is 0.518. The maximum Gasteiger partial charge on any atom is 0.343 e. The van der Waals surface area contributed by atoms with Crippen molar-refractivity contribution in [2.45, 2.75) is 18.4 Å². The van der Waals surface area contributed by atoms with Crippen LogP contribution >= 0.6 is 15.9 Å². The molecule has 1 saturated heterocycles. The zero-order chi connectivity index (χ0) is 23.0. The van der Waals surface area contributed by atoms with Gasteiger partial charge in [-0.15, -0.1) is 0 Å². The molecule has 1 fully saturated rings. The monoisotopic (exact) mass is 520 g/mol. The minimum Gasteiger partial charge on any atom is -0.339 e. The van der Waals surface area contributed by atoms with E-state index in [1.165, 1.54) is 23.6 Å². The predicted molar refractivity (Wildman–Crippen MR) is 122 cm³/mol. The minimum absolute atomic E-state index is 0.0302. The van der Waals surface area contributed by atoms with E-state index in [0.29, 0.717) is 36.2 Å². The number of imidazole rings is 1. The number of halogens is 1. The van der Waals surface area contributed by atoms with E-state index in [-0.39, 0.29) is 28.8 Å². The first-order chi connectivity index (χ1) is 15.2. The maximum absolute atomic E-state index is 13.3. The molecule has 3 aromatic rings. The van der Waals surface area contributed by atoms with Crippen LogP contribution in [0.2, 0.25) is 0 Å². The molecule has 9 nitrogen and oxygen atoms in total. The summed E-state index contributed by atoms with van der Waals surface area (Å²) in [7, 11) is -4.18. The standard InChI is InChI=1S/C21H21BrN4O5S/c1-15(27)23-10-12-24(13-11-23)20(28)14-25-18-4-2-3-5-19(18)26(21(25)29)32(30,31)17-8-6-16(22)7-9-17/h2-9H,10-14H2,1H3. The first-order valence-corrected chi connectivity index (χ1v) is 12.2. The van der Waals surface area contributed by atoms with Crippen molar-refractivity contribution in [3.8, 4) is 0 Å². The van der Waals surface area contributed by atoms with Gasteiger partial charge in [-0.1, -0.05) is 28.1 Å². The van der Waals surface area contributed by atoms with Crippen LogP contribution in [0.25, 0.3) is 11.0 Å². The van der Waals surface area contributed by atoms with E-state index in [9.17, 15) is 22.8 Å². The number of amides is 2. The van der Waals surface area contributed by atoms with Gasteiger partial charge in [0.2, 0.25) is 11.8 Å². The van der Waals surface area contributed by atoms with E-state index in [1.807, 2.05) is 0 Å². The Kier molecular flexibility index (Phi) is 5.95. The molecular formula is C21H21BrN4O5S. The fraction of sp³-hybridized carbons (Fsp3) is 0.286. The van der Waals surface area contributed by atoms with Crippen LogP contribution in [0.3, 0.4) is 0 Å². The van der Waals surface area contributed by atoms with Crippen LogP contribution in [-0.2, 0) is 26.2 Å². The zero-order valence-electron chi connectivity index (χ0n) is 17.3. The van der Waals surface area contributed by atoms with Crippen LogP contribution in [0, 0.1) is 0 Å². The van der Waals surface area contributed by atoms with Crippen LogP contribution < -0.4 is 5.69 Å². The van der Waals surface area contributed by atoms with Crippen LogP contribution in [0.4, 0.5) is 0 Å². The van der Waals surface area contributed by atoms with Crippen molar-refractivity contribution in [1.82, 2.24) is 18.3 Å². The zero-order valence-corrected chi connectivity index (χ0v) is 19.7. The summed E-state index contributed by atoms with van der Waals surface area (Å²) < 4.78 is 29.2. The van der Waals surface area contributed by atoms with Gasteiger partial charge < -0.3 is 9.80 Å². The van der Waals surface area contributed by atoms with Crippen LogP contribution in [-0.4, -0.2) is 64.8 Å². The Morgan fingerprint density at radius 2 is 1.47 bits per heavy atom. The van der Waals surface area contributed by atoms with E-state index in [0.717, 1.165) is 3.97 Å². The van der Waals surface area contributed by atoms with E-state index in [1.54, 1.807) is 46.2 Å². The summed E-state index contributed by atoms with van der Waals surface area (Å²) in [4.78, 5) is 40.9. The van der Waals surface area contributed by atoms with Crippen LogP contribution in [0.5, 0.6) is 0 Å². The first-order valence-electron chi connectivity index (χ1n) is 9.95. The van der Waals surface area contributed by atoms with Gasteiger partial charge in [0.25, 0.3) is 10.0 Å². The summed E-state index contributed by atoms with van der Waals surface area (Å²) in [5, 5.41) is 0. The predicted octanol–water partition coefficient (Wildman–Crippen LogP) is 1.49. The molecule has 168 valence electrons. The van der Waals surface area contributed by atoms with Crippen molar-refractivity contribution in [1.29, 1.82) is 0 Å². The summed E-state index contributed by atoms with van der Waals surface area (Å²) in [6, 6.07) is 12.5. The van der Waals surface area contributed by atoms with E-state index >= 15 is 0 Å². The third-order valence-corrected chi connectivity index (χ3v) is 7.75. The highest BCUT2D eigenvalue weighted by molar-refractivity contribution is 9.10. The molecule has 0 atom stereocenters. The number of carbonyl (C=O) groups excluding carboxylic acids is 2. The second kappa shape index (κ2) is 8.55. The Morgan fingerprint density at radius 3 is 2.06 bits per heavy atom. The fourth-order valence-electron chi connectivity index (χ4n) is 3.78. The number of hydrogen-bond acceptors (Lipinski definition) is 5. The number of rotatable bonds is 4. The summed E-state index contributed by atoms with van der Waals surface area (Å²) in [5.41, 5.74) is -0.242. The number of para-hydroxylation sites is 2. The number of nitrogens with zero attached hydrogens (tertiary/aromatic N) is 4. The molecule has 1 aliphatic rings. The smallest absolute Gasteiger partial charge is 0.339 e. The third kappa shape index (κ3) is 3.97. The summed E-state index contributed by atoms with van der Waals surface area (Å²) in [6.07, 6.45) is 0. The van der Waals surface area contributed by atoms with Gasteiger partial charge in [0.05, 0.1) is 15.9 Å². The lowest BCUT2D eigenvalue weighted by Crippen LogP contribution is -2.51. The minimum atomic E-state index is -4.18. The van der Waals surface area contributed by atoms with Crippen molar-refractivity contribution in [3.63, 3.8) is 0 Å². The number of fused-ring (bicyclic) bond motifs is 1. The molecular weight excluding hydrogens is 500 g/mol. The third-order valence-electron chi connectivity index (χ3n) is 5.52. The molecule has 4 rings (SSSR count). The molecule has 11 heteroatoms. The van der Waals surface area contributed by atoms with Gasteiger partial charge in [0.1, 0.15) is 6.54 Å². The Bertz CT molecular complexity index is 1350. The molecule has 2 aromatic carbocycles. The highest BCUT2D eigenvalue weighted by Gasteiger charge is 2.28. The number of hydrogen-bond donors (Lipinski definition) is 0. The number of benzene rings is 2. The lowest BCUT2D eigenvalue weighted by atomic mass is 10.3. The molecule has 0 radical (unpaired) electrons. The van der Waals surface area contributed by atoms with Crippen molar-refractivity contribution < 1.29 is 18.0 Å². The van der Waals surface area contributed by atoms with Gasteiger partial charge in [0.15, 0.2) is 0 Å². The highest BCUT2D eigenvalue weighted by Crippen LogP contribution is 2.21. The summed E-state index contributed by atoms with van der Waals surface area (Å²) in [5.74, 6) is -0.353. The van der Waals surface area contributed by atoms with Gasteiger partial charge in [0, 0.05) is 37.6 Å². The van der Waals surface area contributed by atoms with Gasteiger partial charge in [-0.25, -0.2) is 13.2 Å². The lowest BCUT2D eigenvalue weighted by molar-refractivity contribution is -0.138.